The Kier molecular flexibility index (Phi) is 15.1. The van der Waals surface area contributed by atoms with E-state index in [0.29, 0.717) is 63.7 Å². The van der Waals surface area contributed by atoms with E-state index in [1.807, 2.05) is 32.3 Å². The summed E-state index contributed by atoms with van der Waals surface area (Å²) in [6, 6.07) is 5.80. The average molecular weight is 955 g/mol. The number of rotatable bonds is 9. The molecule has 0 saturated carbocycles. The summed E-state index contributed by atoms with van der Waals surface area (Å²) in [6.45, 7) is 18.9. The Bertz CT molecular complexity index is 2470. The molecule has 17 nitrogen and oxygen atoms in total. The highest BCUT2D eigenvalue weighted by Gasteiger charge is 2.39. The van der Waals surface area contributed by atoms with E-state index < -0.39 is 41.3 Å². The first-order valence-corrected chi connectivity index (χ1v) is 25.2. The molecule has 368 valence electrons. The SMILES string of the molecule is CCn1c(-c2cc(N3CCN(C)CC3)cnc2[C@H](C)OC)c2c3cc(ccc31)-c1csc(n1)C[C@H](NC(=O)[C@H](C(C)C)N(C)C(=O)N1CCOCC1)C(=O)N1CCC[C@H](N1)C(=O)OCC(C)(C)C2. The number of hydrogen-bond donors (Lipinski definition) is 2. The Hall–Kier alpha value is -5.14. The van der Waals surface area contributed by atoms with Crippen LogP contribution in [0, 0.1) is 11.3 Å². The third kappa shape index (κ3) is 10.4. The van der Waals surface area contributed by atoms with Crippen molar-refractivity contribution < 1.29 is 33.4 Å². The van der Waals surface area contributed by atoms with Gasteiger partial charge in [-0.2, -0.15) is 0 Å². The number of hydrazine groups is 1. The minimum Gasteiger partial charge on any atom is -0.464 e. The molecule has 8 rings (SSSR count). The van der Waals surface area contributed by atoms with Gasteiger partial charge in [0, 0.05) is 106 Å². The number of esters is 1. The highest BCUT2D eigenvalue weighted by molar-refractivity contribution is 7.10. The fourth-order valence-corrected chi connectivity index (χ4v) is 11.0. The largest absolute Gasteiger partial charge is 0.464 e. The second kappa shape index (κ2) is 20.8. The van der Waals surface area contributed by atoms with Crippen LogP contribution in [0.2, 0.25) is 0 Å². The number of pyridine rings is 1. The number of amides is 4. The van der Waals surface area contributed by atoms with Crippen molar-refractivity contribution in [1.29, 1.82) is 0 Å². The molecule has 0 aliphatic carbocycles. The Morgan fingerprint density at radius 1 is 1.06 bits per heavy atom. The smallest absolute Gasteiger partial charge is 0.324 e. The van der Waals surface area contributed by atoms with Crippen molar-refractivity contribution in [3.63, 3.8) is 0 Å². The summed E-state index contributed by atoms with van der Waals surface area (Å²) < 4.78 is 20.0. The summed E-state index contributed by atoms with van der Waals surface area (Å²) >= 11 is 1.43. The van der Waals surface area contributed by atoms with Crippen LogP contribution in [-0.2, 0) is 48.0 Å². The molecule has 0 spiro atoms. The predicted molar refractivity (Wildman–Crippen MR) is 263 cm³/mol. The van der Waals surface area contributed by atoms with Crippen LogP contribution in [-0.4, -0.2) is 163 Å². The molecule has 4 aromatic rings. The number of morpholine rings is 1. The van der Waals surface area contributed by atoms with Crippen molar-refractivity contribution >= 4 is 51.7 Å². The Morgan fingerprint density at radius 2 is 1.81 bits per heavy atom. The number of fused-ring (bicyclic) bond motifs is 6. The number of anilines is 1. The van der Waals surface area contributed by atoms with Gasteiger partial charge in [0.1, 0.15) is 18.1 Å². The summed E-state index contributed by atoms with van der Waals surface area (Å²) in [5, 5.41) is 8.22. The van der Waals surface area contributed by atoms with Crippen molar-refractivity contribution in [3.8, 4) is 22.5 Å². The van der Waals surface area contributed by atoms with E-state index in [2.05, 4.69) is 77.2 Å². The zero-order valence-electron chi connectivity index (χ0n) is 41.3. The molecule has 3 aromatic heterocycles. The molecule has 6 bridgehead atoms. The molecule has 4 atom stereocenters. The van der Waals surface area contributed by atoms with E-state index >= 15 is 0 Å². The fourth-order valence-electron chi connectivity index (χ4n) is 10.1. The van der Waals surface area contributed by atoms with Gasteiger partial charge in [0.2, 0.25) is 5.91 Å². The maximum Gasteiger partial charge on any atom is 0.324 e. The molecular weight excluding hydrogens is 885 g/mol. The molecule has 2 N–H and O–H groups in total. The average Bonchev–Trinajstić information content (AvgIpc) is 3.93. The number of piperazine rings is 1. The van der Waals surface area contributed by atoms with Crippen LogP contribution in [0.4, 0.5) is 10.5 Å². The van der Waals surface area contributed by atoms with E-state index in [1.165, 1.54) is 21.2 Å². The molecule has 7 heterocycles. The molecular formula is C50H70N10O7S. The normalized spacial score (nSPS) is 21.6. The van der Waals surface area contributed by atoms with E-state index in [9.17, 15) is 19.2 Å². The van der Waals surface area contributed by atoms with Crippen molar-refractivity contribution in [2.24, 2.45) is 11.3 Å². The monoisotopic (exact) mass is 955 g/mol. The van der Waals surface area contributed by atoms with Crippen LogP contribution in [0.1, 0.15) is 76.8 Å². The van der Waals surface area contributed by atoms with Crippen LogP contribution in [0.25, 0.3) is 33.4 Å². The summed E-state index contributed by atoms with van der Waals surface area (Å²) in [4.78, 5) is 74.9. The van der Waals surface area contributed by atoms with Crippen LogP contribution < -0.4 is 15.6 Å². The molecule has 4 aliphatic rings. The van der Waals surface area contributed by atoms with Gasteiger partial charge >= 0.3 is 12.0 Å². The van der Waals surface area contributed by atoms with Gasteiger partial charge in [-0.1, -0.05) is 33.8 Å². The number of benzene rings is 1. The third-order valence-corrected chi connectivity index (χ3v) is 14.9. The first kappa shape index (κ1) is 49.3. The van der Waals surface area contributed by atoms with Crippen LogP contribution in [0.15, 0.2) is 35.8 Å². The van der Waals surface area contributed by atoms with E-state index in [-0.39, 0.29) is 31.1 Å². The number of cyclic esters (lactones) is 1. The summed E-state index contributed by atoms with van der Waals surface area (Å²) in [7, 11) is 5.51. The lowest BCUT2D eigenvalue weighted by Crippen LogP contribution is -2.62. The Morgan fingerprint density at radius 3 is 2.51 bits per heavy atom. The number of carbonyl (C=O) groups is 4. The molecule has 3 saturated heterocycles. The maximum absolute atomic E-state index is 14.6. The molecule has 0 unspecified atom stereocenters. The van der Waals surface area contributed by atoms with Crippen LogP contribution >= 0.6 is 11.3 Å². The topological polar surface area (TPSA) is 167 Å². The summed E-state index contributed by atoms with van der Waals surface area (Å²) in [6.07, 6.45) is 3.42. The zero-order valence-corrected chi connectivity index (χ0v) is 42.1. The summed E-state index contributed by atoms with van der Waals surface area (Å²) in [5.41, 5.74) is 10.5. The second-order valence-corrected chi connectivity index (χ2v) is 20.9. The van der Waals surface area contributed by atoms with Crippen LogP contribution in [0.5, 0.6) is 0 Å². The fraction of sp³-hybridized carbons (Fsp3) is 0.600. The number of nitrogens with zero attached hydrogens (tertiary/aromatic N) is 8. The Balaban J connectivity index is 1.21. The molecule has 4 aliphatic heterocycles. The van der Waals surface area contributed by atoms with Gasteiger partial charge in [0.05, 0.1) is 59.9 Å². The lowest BCUT2D eigenvalue weighted by molar-refractivity contribution is -0.155. The van der Waals surface area contributed by atoms with Crippen molar-refractivity contribution in [2.45, 2.75) is 98.0 Å². The highest BCUT2D eigenvalue weighted by atomic mass is 32.1. The number of nitrogens with one attached hydrogen (secondary N) is 2. The van der Waals surface area contributed by atoms with E-state index in [0.717, 1.165) is 76.5 Å². The van der Waals surface area contributed by atoms with Crippen molar-refractivity contribution in [2.75, 3.05) is 91.7 Å². The van der Waals surface area contributed by atoms with Gasteiger partial charge in [-0.15, -0.1) is 11.3 Å². The molecule has 68 heavy (non-hydrogen) atoms. The lowest BCUT2D eigenvalue weighted by Gasteiger charge is -2.38. The number of likely N-dealkylation sites (N-methyl/N-ethyl adjacent to an activating group) is 2. The van der Waals surface area contributed by atoms with Gasteiger partial charge in [-0.25, -0.2) is 15.2 Å². The number of carbonyl (C=O) groups excluding carboxylic acids is 4. The van der Waals surface area contributed by atoms with Gasteiger partial charge in [0.15, 0.2) is 0 Å². The molecule has 18 heteroatoms. The van der Waals surface area contributed by atoms with Crippen LogP contribution in [0.3, 0.4) is 0 Å². The number of hydrogen-bond acceptors (Lipinski definition) is 13. The van der Waals surface area contributed by atoms with Gasteiger partial charge < -0.3 is 43.7 Å². The molecule has 0 radical (unpaired) electrons. The zero-order chi connectivity index (χ0) is 48.4. The molecule has 1 aromatic carbocycles. The number of urea groups is 1. The minimum atomic E-state index is -1.05. The Labute approximate surface area is 404 Å². The number of thiazole rings is 1. The van der Waals surface area contributed by atoms with Crippen molar-refractivity contribution in [3.05, 3.63) is 52.1 Å². The lowest BCUT2D eigenvalue weighted by atomic mass is 9.84. The third-order valence-electron chi connectivity index (χ3n) is 14.0. The van der Waals surface area contributed by atoms with Gasteiger partial charge in [-0.05, 0) is 69.8 Å². The molecule has 4 amide bonds. The highest BCUT2D eigenvalue weighted by Crippen LogP contribution is 2.43. The number of aryl methyl sites for hydroxylation is 1. The maximum atomic E-state index is 14.6. The van der Waals surface area contributed by atoms with E-state index in [4.69, 9.17) is 24.2 Å². The van der Waals surface area contributed by atoms with E-state index in [1.54, 1.807) is 19.1 Å². The van der Waals surface area contributed by atoms with Gasteiger partial charge in [0.25, 0.3) is 5.91 Å². The second-order valence-electron chi connectivity index (χ2n) is 19.9. The summed E-state index contributed by atoms with van der Waals surface area (Å²) in [5.74, 6) is -1.55. The first-order chi connectivity index (χ1) is 32.6. The minimum absolute atomic E-state index is 0.101. The standard InChI is InChI=1S/C50H70N10O7S/c1-10-59-41-14-13-33-24-35(41)37(45(59)36-25-34(28-51-43(36)32(4)65-9)57-18-16-55(7)17-19-57)27-50(5,6)30-67-48(63)38-12-11-15-60(54-38)47(62)39(26-42-52-40(33)29-68-42)53-46(61)44(31(2)3)56(8)49(64)58-20-22-66-23-21-58/h13-14,24-25,28-29,31-32,38-39,44,54H,10-12,15-23,26-27,30H2,1-9H3,(H,53,61)/t32-,38-,39-,44-/m0/s1. The molecule has 3 fully saturated rings. The number of ether oxygens (including phenoxy) is 3. The first-order valence-electron chi connectivity index (χ1n) is 24.3. The number of aromatic nitrogens is 3. The quantitative estimate of drug-likeness (QED) is 0.207. The van der Waals surface area contributed by atoms with Gasteiger partial charge in [-0.3, -0.25) is 24.4 Å². The van der Waals surface area contributed by atoms with Crippen molar-refractivity contribution in [1.82, 2.24) is 45.0 Å². The number of methoxy groups -OCH3 is 1. The predicted octanol–water partition coefficient (Wildman–Crippen LogP) is 5.36.